The van der Waals surface area contributed by atoms with Gasteiger partial charge >= 0.3 is 6.18 Å². The lowest BCUT2D eigenvalue weighted by atomic mass is 10.1. The van der Waals surface area contributed by atoms with Crippen molar-refractivity contribution in [3.05, 3.63) is 41.7 Å². The van der Waals surface area contributed by atoms with Crippen LogP contribution in [0.15, 0.2) is 30.3 Å². The van der Waals surface area contributed by atoms with Gasteiger partial charge in [0.2, 0.25) is 0 Å². The van der Waals surface area contributed by atoms with E-state index in [-0.39, 0.29) is 5.56 Å². The smallest absolute Gasteiger partial charge is 0.317 e. The topological polar surface area (TPSA) is 26.0 Å². The first kappa shape index (κ1) is 11.7. The minimum atomic E-state index is -4.50. The Morgan fingerprint density at radius 3 is 2.33 bits per heavy atom. The van der Waals surface area contributed by atoms with E-state index in [0.717, 1.165) is 12.2 Å². The van der Waals surface area contributed by atoms with Crippen molar-refractivity contribution in [2.24, 2.45) is 5.73 Å². The Hall–Kier alpha value is -1.36. The minimum Gasteiger partial charge on any atom is -0.317 e. The average molecular weight is 219 g/mol. The summed E-state index contributed by atoms with van der Waals surface area (Å²) < 4.78 is 48.9. The van der Waals surface area contributed by atoms with Gasteiger partial charge in [0.25, 0.3) is 0 Å². The zero-order valence-electron chi connectivity index (χ0n) is 7.63. The maximum Gasteiger partial charge on any atom is 0.407 e. The summed E-state index contributed by atoms with van der Waals surface area (Å²) in [5, 5.41) is 0. The molecule has 0 bridgehead atoms. The van der Waals surface area contributed by atoms with Gasteiger partial charge in [-0.15, -0.1) is 0 Å². The third-order valence-electron chi connectivity index (χ3n) is 1.77. The SMILES string of the molecule is N[C@@H](C=Cc1ccccc1F)C(F)(F)F. The van der Waals surface area contributed by atoms with Crippen molar-refractivity contribution >= 4 is 6.08 Å². The van der Waals surface area contributed by atoms with Gasteiger partial charge in [-0.05, 0) is 6.07 Å². The highest BCUT2D eigenvalue weighted by Crippen LogP contribution is 2.20. The number of hydrogen-bond acceptors (Lipinski definition) is 1. The Morgan fingerprint density at radius 1 is 1.20 bits per heavy atom. The van der Waals surface area contributed by atoms with Gasteiger partial charge in [-0.1, -0.05) is 30.4 Å². The number of rotatable bonds is 2. The molecule has 0 aliphatic carbocycles. The maximum absolute atomic E-state index is 13.0. The molecule has 0 saturated heterocycles. The summed E-state index contributed by atoms with van der Waals surface area (Å²) in [7, 11) is 0. The van der Waals surface area contributed by atoms with Gasteiger partial charge in [-0.3, -0.25) is 0 Å². The highest BCUT2D eigenvalue weighted by molar-refractivity contribution is 5.50. The van der Waals surface area contributed by atoms with E-state index >= 15 is 0 Å². The van der Waals surface area contributed by atoms with Crippen molar-refractivity contribution in [3.8, 4) is 0 Å². The summed E-state index contributed by atoms with van der Waals surface area (Å²) in [5.41, 5.74) is 4.90. The fraction of sp³-hybridized carbons (Fsp3) is 0.200. The predicted octanol–water partition coefficient (Wildman–Crippen LogP) is 2.73. The number of benzene rings is 1. The Bertz CT molecular complexity index is 357. The van der Waals surface area contributed by atoms with Gasteiger partial charge in [0.1, 0.15) is 11.9 Å². The summed E-state index contributed by atoms with van der Waals surface area (Å²) in [5.74, 6) is -0.580. The molecule has 1 atom stereocenters. The molecule has 1 aromatic carbocycles. The molecule has 0 spiro atoms. The van der Waals surface area contributed by atoms with E-state index < -0.39 is 18.0 Å². The standard InChI is InChI=1S/C10H9F4N/c11-8-4-2-1-3-7(8)5-6-9(15)10(12,13)14/h1-6,9H,15H2/t9-/m0/s1. The number of halogens is 4. The summed E-state index contributed by atoms with van der Waals surface area (Å²) in [6.07, 6.45) is -2.76. The molecule has 1 nitrogen and oxygen atoms in total. The van der Waals surface area contributed by atoms with Crippen LogP contribution in [0.5, 0.6) is 0 Å². The number of hydrogen-bond donors (Lipinski definition) is 1. The third kappa shape index (κ3) is 3.36. The van der Waals surface area contributed by atoms with Gasteiger partial charge in [-0.25, -0.2) is 4.39 Å². The lowest BCUT2D eigenvalue weighted by molar-refractivity contribution is -0.136. The Labute approximate surface area is 84.2 Å². The molecule has 0 unspecified atom stereocenters. The molecule has 0 fully saturated rings. The largest absolute Gasteiger partial charge is 0.407 e. The summed E-state index contributed by atoms with van der Waals surface area (Å²) >= 11 is 0. The first-order valence-corrected chi connectivity index (χ1v) is 4.16. The second-order valence-corrected chi connectivity index (χ2v) is 2.95. The zero-order chi connectivity index (χ0) is 11.5. The van der Waals surface area contributed by atoms with Crippen LogP contribution in [-0.2, 0) is 0 Å². The molecule has 15 heavy (non-hydrogen) atoms. The molecule has 0 aliphatic heterocycles. The molecular formula is C10H9F4N. The van der Waals surface area contributed by atoms with Crippen LogP contribution in [0, 0.1) is 5.82 Å². The second-order valence-electron chi connectivity index (χ2n) is 2.95. The molecule has 1 aromatic rings. The van der Waals surface area contributed by atoms with E-state index in [9.17, 15) is 17.6 Å². The van der Waals surface area contributed by atoms with Crippen molar-refractivity contribution < 1.29 is 17.6 Å². The van der Waals surface area contributed by atoms with Gasteiger partial charge in [-0.2, -0.15) is 13.2 Å². The Morgan fingerprint density at radius 2 is 1.80 bits per heavy atom. The van der Waals surface area contributed by atoms with Crippen LogP contribution in [0.3, 0.4) is 0 Å². The molecular weight excluding hydrogens is 210 g/mol. The van der Waals surface area contributed by atoms with Crippen LogP contribution in [0.4, 0.5) is 17.6 Å². The van der Waals surface area contributed by atoms with Gasteiger partial charge < -0.3 is 5.73 Å². The molecule has 0 aromatic heterocycles. The van der Waals surface area contributed by atoms with Crippen LogP contribution in [0.1, 0.15) is 5.56 Å². The van der Waals surface area contributed by atoms with E-state index in [1.54, 1.807) is 0 Å². The van der Waals surface area contributed by atoms with Crippen molar-refractivity contribution in [1.82, 2.24) is 0 Å². The van der Waals surface area contributed by atoms with Gasteiger partial charge in [0, 0.05) is 5.56 Å². The average Bonchev–Trinajstić information content (AvgIpc) is 2.14. The van der Waals surface area contributed by atoms with Crippen LogP contribution >= 0.6 is 0 Å². The monoisotopic (exact) mass is 219 g/mol. The van der Waals surface area contributed by atoms with Crippen LogP contribution in [0.25, 0.3) is 6.08 Å². The van der Waals surface area contributed by atoms with E-state index in [1.165, 1.54) is 24.3 Å². The molecule has 0 heterocycles. The van der Waals surface area contributed by atoms with E-state index in [0.29, 0.717) is 0 Å². The van der Waals surface area contributed by atoms with Crippen LogP contribution in [0.2, 0.25) is 0 Å². The molecule has 0 saturated carbocycles. The molecule has 1 rings (SSSR count). The predicted molar refractivity (Wildman–Crippen MR) is 49.5 cm³/mol. The first-order chi connectivity index (χ1) is 6.91. The normalized spacial score (nSPS) is 14.5. The minimum absolute atomic E-state index is 0.0807. The van der Waals surface area contributed by atoms with Crippen LogP contribution in [-0.4, -0.2) is 12.2 Å². The highest BCUT2D eigenvalue weighted by atomic mass is 19.4. The van der Waals surface area contributed by atoms with Crippen molar-refractivity contribution in [1.29, 1.82) is 0 Å². The Balaban J connectivity index is 2.79. The molecule has 0 amide bonds. The Kier molecular flexibility index (Phi) is 3.47. The van der Waals surface area contributed by atoms with E-state index in [1.807, 2.05) is 0 Å². The molecule has 82 valence electrons. The maximum atomic E-state index is 13.0. The lowest BCUT2D eigenvalue weighted by Gasteiger charge is -2.10. The molecule has 2 N–H and O–H groups in total. The van der Waals surface area contributed by atoms with E-state index in [2.05, 4.69) is 0 Å². The quantitative estimate of drug-likeness (QED) is 0.760. The van der Waals surface area contributed by atoms with Gasteiger partial charge in [0.15, 0.2) is 0 Å². The van der Waals surface area contributed by atoms with Gasteiger partial charge in [0.05, 0.1) is 0 Å². The van der Waals surface area contributed by atoms with Crippen molar-refractivity contribution in [3.63, 3.8) is 0 Å². The molecule has 0 aliphatic rings. The number of alkyl halides is 3. The molecule has 5 heteroatoms. The zero-order valence-corrected chi connectivity index (χ0v) is 7.63. The van der Waals surface area contributed by atoms with E-state index in [4.69, 9.17) is 5.73 Å². The third-order valence-corrected chi connectivity index (χ3v) is 1.77. The molecule has 0 radical (unpaired) electrons. The first-order valence-electron chi connectivity index (χ1n) is 4.16. The fourth-order valence-electron chi connectivity index (χ4n) is 0.927. The number of nitrogens with two attached hydrogens (primary N) is 1. The van der Waals surface area contributed by atoms with Crippen molar-refractivity contribution in [2.75, 3.05) is 0 Å². The second kappa shape index (κ2) is 4.44. The summed E-state index contributed by atoms with van der Waals surface area (Å²) in [6, 6.07) is 3.45. The highest BCUT2D eigenvalue weighted by Gasteiger charge is 2.34. The van der Waals surface area contributed by atoms with Crippen molar-refractivity contribution in [2.45, 2.75) is 12.2 Å². The lowest BCUT2D eigenvalue weighted by Crippen LogP contribution is -2.35. The van der Waals surface area contributed by atoms with Crippen LogP contribution < -0.4 is 5.73 Å². The summed E-state index contributed by atoms with van der Waals surface area (Å²) in [6.45, 7) is 0. The summed E-state index contributed by atoms with van der Waals surface area (Å²) in [4.78, 5) is 0. The fourth-order valence-corrected chi connectivity index (χ4v) is 0.927.